The number of fused-ring (bicyclic) bond motifs is 1. The maximum Gasteiger partial charge on any atom is 0.308 e. The molecule has 72 valence electrons. The Morgan fingerprint density at radius 1 is 1.50 bits per heavy atom. The number of rotatable bonds is 1. The Kier molecular flexibility index (Phi) is 2.13. The fourth-order valence-electron chi connectivity index (χ4n) is 1.23. The van der Waals surface area contributed by atoms with Gasteiger partial charge in [-0.25, -0.2) is 0 Å². The summed E-state index contributed by atoms with van der Waals surface area (Å²) in [7, 11) is 0. The lowest BCUT2D eigenvalue weighted by Gasteiger charge is -1.98. The molecule has 3 nitrogen and oxygen atoms in total. The van der Waals surface area contributed by atoms with Gasteiger partial charge in [0.05, 0.1) is 0 Å². The predicted molar refractivity (Wildman–Crippen MR) is 54.8 cm³/mol. The van der Waals surface area contributed by atoms with E-state index in [1.807, 2.05) is 0 Å². The van der Waals surface area contributed by atoms with Crippen LogP contribution in [0.5, 0.6) is 11.5 Å². The summed E-state index contributed by atoms with van der Waals surface area (Å²) in [6, 6.07) is 4.95. The first-order chi connectivity index (χ1) is 6.66. The second-order valence-electron chi connectivity index (χ2n) is 2.87. The maximum absolute atomic E-state index is 10.8. The molecule has 0 aliphatic carbocycles. The van der Waals surface area contributed by atoms with E-state index in [0.717, 1.165) is 10.1 Å². The van der Waals surface area contributed by atoms with Crippen LogP contribution in [0.2, 0.25) is 0 Å². The van der Waals surface area contributed by atoms with E-state index in [4.69, 9.17) is 4.74 Å². The van der Waals surface area contributed by atoms with E-state index in [0.29, 0.717) is 5.75 Å². The first kappa shape index (κ1) is 9.02. The van der Waals surface area contributed by atoms with Crippen LogP contribution in [0.3, 0.4) is 0 Å². The van der Waals surface area contributed by atoms with Gasteiger partial charge >= 0.3 is 5.97 Å². The van der Waals surface area contributed by atoms with Crippen LogP contribution >= 0.6 is 11.3 Å². The van der Waals surface area contributed by atoms with Gasteiger partial charge in [-0.3, -0.25) is 4.79 Å². The molecule has 0 saturated heterocycles. The van der Waals surface area contributed by atoms with Crippen LogP contribution in [0.4, 0.5) is 0 Å². The lowest BCUT2D eigenvalue weighted by molar-refractivity contribution is -0.131. The number of phenolic OH excluding ortho intramolecular Hbond substituents is 1. The van der Waals surface area contributed by atoms with Crippen LogP contribution in [-0.2, 0) is 4.79 Å². The Labute approximate surface area is 84.6 Å². The molecule has 4 heteroatoms. The Morgan fingerprint density at radius 2 is 2.29 bits per heavy atom. The molecule has 0 aliphatic heterocycles. The standard InChI is InChI=1S/C10H8O3S/c1-6(11)13-9-5-14-10-4-7(12)2-3-8(9)10/h2-5,12H,1H3. The van der Waals surface area contributed by atoms with Crippen molar-refractivity contribution in [2.45, 2.75) is 6.92 Å². The quantitative estimate of drug-likeness (QED) is 0.732. The molecule has 1 N–H and O–H groups in total. The fraction of sp³-hybridized carbons (Fsp3) is 0.100. The van der Waals surface area contributed by atoms with Crippen molar-refractivity contribution in [1.82, 2.24) is 0 Å². The molecule has 1 heterocycles. The highest BCUT2D eigenvalue weighted by Gasteiger charge is 2.07. The van der Waals surface area contributed by atoms with Crippen molar-refractivity contribution in [1.29, 1.82) is 0 Å². The average molecular weight is 208 g/mol. The summed E-state index contributed by atoms with van der Waals surface area (Å²) in [6.07, 6.45) is 0. The Hall–Kier alpha value is -1.55. The van der Waals surface area contributed by atoms with Crippen molar-refractivity contribution in [3.63, 3.8) is 0 Å². The smallest absolute Gasteiger partial charge is 0.308 e. The molecule has 2 rings (SSSR count). The van der Waals surface area contributed by atoms with Gasteiger partial charge in [-0.05, 0) is 18.2 Å². The van der Waals surface area contributed by atoms with E-state index in [-0.39, 0.29) is 11.7 Å². The molecular formula is C10H8O3S. The molecular weight excluding hydrogens is 200 g/mol. The fourth-order valence-corrected chi connectivity index (χ4v) is 2.12. The van der Waals surface area contributed by atoms with E-state index < -0.39 is 0 Å². The van der Waals surface area contributed by atoms with E-state index >= 15 is 0 Å². The second kappa shape index (κ2) is 3.31. The lowest BCUT2D eigenvalue weighted by atomic mass is 10.2. The molecule has 0 saturated carbocycles. The van der Waals surface area contributed by atoms with Gasteiger partial charge < -0.3 is 9.84 Å². The summed E-state index contributed by atoms with van der Waals surface area (Å²) in [5.74, 6) is 0.434. The monoisotopic (exact) mass is 208 g/mol. The first-order valence-electron chi connectivity index (χ1n) is 4.05. The van der Waals surface area contributed by atoms with Crippen LogP contribution < -0.4 is 4.74 Å². The highest BCUT2D eigenvalue weighted by atomic mass is 32.1. The minimum atomic E-state index is -0.335. The third-order valence-electron chi connectivity index (χ3n) is 1.78. The summed E-state index contributed by atoms with van der Waals surface area (Å²) in [4.78, 5) is 10.8. The van der Waals surface area contributed by atoms with E-state index in [1.165, 1.54) is 18.3 Å². The minimum absolute atomic E-state index is 0.216. The van der Waals surface area contributed by atoms with Crippen molar-refractivity contribution < 1.29 is 14.6 Å². The Bertz CT molecular complexity index is 487. The molecule has 0 amide bonds. The number of esters is 1. The van der Waals surface area contributed by atoms with Gasteiger partial charge in [-0.15, -0.1) is 11.3 Å². The van der Waals surface area contributed by atoms with E-state index in [1.54, 1.807) is 23.6 Å². The number of thiophene rings is 1. The molecule has 1 aromatic heterocycles. The molecule has 0 bridgehead atoms. The largest absolute Gasteiger partial charge is 0.508 e. The summed E-state index contributed by atoms with van der Waals surface area (Å²) in [5.41, 5.74) is 0. The van der Waals surface area contributed by atoms with Crippen LogP contribution in [0.15, 0.2) is 23.6 Å². The third-order valence-corrected chi connectivity index (χ3v) is 2.70. The van der Waals surface area contributed by atoms with Gasteiger partial charge in [-0.1, -0.05) is 0 Å². The highest BCUT2D eigenvalue weighted by molar-refractivity contribution is 7.17. The number of hydrogen-bond acceptors (Lipinski definition) is 4. The summed E-state index contributed by atoms with van der Waals surface area (Å²) >= 11 is 1.43. The van der Waals surface area contributed by atoms with Crippen LogP contribution in [-0.4, -0.2) is 11.1 Å². The molecule has 0 radical (unpaired) electrons. The minimum Gasteiger partial charge on any atom is -0.508 e. The molecule has 0 aliphatic rings. The zero-order valence-corrected chi connectivity index (χ0v) is 8.30. The van der Waals surface area contributed by atoms with Gasteiger partial charge in [0, 0.05) is 22.4 Å². The number of hydrogen-bond donors (Lipinski definition) is 1. The van der Waals surface area contributed by atoms with Crippen LogP contribution in [0.25, 0.3) is 10.1 Å². The predicted octanol–water partition coefficient (Wildman–Crippen LogP) is 2.53. The number of benzene rings is 1. The zero-order chi connectivity index (χ0) is 10.1. The number of carbonyl (C=O) groups is 1. The third kappa shape index (κ3) is 1.56. The molecule has 2 aromatic rings. The molecule has 14 heavy (non-hydrogen) atoms. The first-order valence-corrected chi connectivity index (χ1v) is 4.93. The van der Waals surface area contributed by atoms with Crippen LogP contribution in [0.1, 0.15) is 6.92 Å². The lowest BCUT2D eigenvalue weighted by Crippen LogP contribution is -2.00. The van der Waals surface area contributed by atoms with E-state index in [9.17, 15) is 9.90 Å². The SMILES string of the molecule is CC(=O)Oc1csc2cc(O)ccc12. The summed E-state index contributed by atoms with van der Waals surface area (Å²) < 4.78 is 5.90. The molecule has 0 spiro atoms. The summed E-state index contributed by atoms with van der Waals surface area (Å²) in [5, 5.41) is 11.8. The Morgan fingerprint density at radius 3 is 3.00 bits per heavy atom. The topological polar surface area (TPSA) is 46.5 Å². The number of aromatic hydroxyl groups is 1. The van der Waals surface area contributed by atoms with Crippen molar-refractivity contribution in [2.24, 2.45) is 0 Å². The van der Waals surface area contributed by atoms with Crippen LogP contribution in [0, 0.1) is 0 Å². The Balaban J connectivity index is 2.52. The van der Waals surface area contributed by atoms with Crippen molar-refractivity contribution in [3.8, 4) is 11.5 Å². The average Bonchev–Trinajstić information content (AvgIpc) is 2.47. The summed E-state index contributed by atoms with van der Waals surface area (Å²) in [6.45, 7) is 1.36. The van der Waals surface area contributed by atoms with Gasteiger partial charge in [0.1, 0.15) is 11.5 Å². The van der Waals surface area contributed by atoms with E-state index in [2.05, 4.69) is 0 Å². The van der Waals surface area contributed by atoms with Crippen molar-refractivity contribution >= 4 is 27.4 Å². The van der Waals surface area contributed by atoms with Gasteiger partial charge in [0.25, 0.3) is 0 Å². The molecule has 0 fully saturated rings. The number of carbonyl (C=O) groups excluding carboxylic acids is 1. The molecule has 0 atom stereocenters. The highest BCUT2D eigenvalue weighted by Crippen LogP contribution is 2.34. The molecule has 0 unspecified atom stereocenters. The second-order valence-corrected chi connectivity index (χ2v) is 3.79. The zero-order valence-electron chi connectivity index (χ0n) is 7.48. The van der Waals surface area contributed by atoms with Crippen molar-refractivity contribution in [3.05, 3.63) is 23.6 Å². The van der Waals surface area contributed by atoms with Crippen molar-refractivity contribution in [2.75, 3.05) is 0 Å². The maximum atomic E-state index is 10.8. The number of phenols is 1. The van der Waals surface area contributed by atoms with Gasteiger partial charge in [0.2, 0.25) is 0 Å². The normalized spacial score (nSPS) is 10.4. The van der Waals surface area contributed by atoms with Gasteiger partial charge in [0.15, 0.2) is 0 Å². The number of ether oxygens (including phenoxy) is 1. The molecule has 1 aromatic carbocycles. The van der Waals surface area contributed by atoms with Gasteiger partial charge in [-0.2, -0.15) is 0 Å².